The lowest BCUT2D eigenvalue weighted by atomic mass is 9.93. The Morgan fingerprint density at radius 1 is 1.15 bits per heavy atom. The molecule has 0 radical (unpaired) electrons. The summed E-state index contributed by atoms with van der Waals surface area (Å²) in [5.41, 5.74) is 2.50. The molecule has 0 spiro atoms. The molecule has 1 aliphatic carbocycles. The summed E-state index contributed by atoms with van der Waals surface area (Å²) >= 11 is 0. The summed E-state index contributed by atoms with van der Waals surface area (Å²) in [4.78, 5) is 24.1. The van der Waals surface area contributed by atoms with Gasteiger partial charge in [0, 0.05) is 0 Å². The third-order valence-electron chi connectivity index (χ3n) is 3.65. The maximum Gasteiger partial charge on any atom is 0.379 e. The van der Waals surface area contributed by atoms with Crippen molar-refractivity contribution >= 4 is 11.8 Å². The number of benzene rings is 1. The number of ketones is 1. The summed E-state index contributed by atoms with van der Waals surface area (Å²) < 4.78 is 10.1. The smallest absolute Gasteiger partial charge is 0.379 e. The molecule has 0 bridgehead atoms. The van der Waals surface area contributed by atoms with Gasteiger partial charge in [-0.15, -0.1) is 0 Å². The zero-order chi connectivity index (χ0) is 14.5. The Hall–Kier alpha value is -1.84. The molecule has 0 saturated carbocycles. The molecule has 0 aliphatic heterocycles. The second kappa shape index (κ2) is 6.55. The van der Waals surface area contributed by atoms with Gasteiger partial charge in [-0.05, 0) is 49.8 Å². The Labute approximate surface area is 119 Å². The summed E-state index contributed by atoms with van der Waals surface area (Å²) in [5, 5.41) is 0. The van der Waals surface area contributed by atoms with Crippen LogP contribution in [0, 0.1) is 0 Å². The molecular formula is C16H20O4. The molecule has 1 aromatic carbocycles. The first kappa shape index (κ1) is 14.6. The van der Waals surface area contributed by atoms with E-state index in [4.69, 9.17) is 9.47 Å². The van der Waals surface area contributed by atoms with E-state index in [1.807, 2.05) is 6.07 Å². The number of esters is 1. The summed E-state index contributed by atoms with van der Waals surface area (Å²) in [7, 11) is 1.51. The van der Waals surface area contributed by atoms with Gasteiger partial charge in [0.15, 0.2) is 0 Å². The highest BCUT2D eigenvalue weighted by Gasteiger charge is 2.27. The van der Waals surface area contributed by atoms with Crippen LogP contribution in [-0.4, -0.2) is 25.5 Å². The van der Waals surface area contributed by atoms with E-state index in [2.05, 4.69) is 0 Å². The normalized spacial score (nSPS) is 14.1. The SMILES string of the molecule is CCOC(=O)C(=O)c1c(OC)ccc2c1CCCCC2. The first-order valence-corrected chi connectivity index (χ1v) is 7.09. The molecule has 2 rings (SSSR count). The number of hydrogen-bond donors (Lipinski definition) is 0. The van der Waals surface area contributed by atoms with E-state index in [1.54, 1.807) is 13.0 Å². The van der Waals surface area contributed by atoms with Gasteiger partial charge in [-0.3, -0.25) is 4.79 Å². The van der Waals surface area contributed by atoms with E-state index in [0.717, 1.165) is 43.2 Å². The molecule has 0 N–H and O–H groups in total. The maximum atomic E-state index is 12.3. The van der Waals surface area contributed by atoms with Gasteiger partial charge in [0.25, 0.3) is 5.78 Å². The van der Waals surface area contributed by atoms with Crippen LogP contribution in [0.4, 0.5) is 0 Å². The average Bonchev–Trinajstić information content (AvgIpc) is 2.70. The largest absolute Gasteiger partial charge is 0.496 e. The molecular weight excluding hydrogens is 256 g/mol. The fourth-order valence-electron chi connectivity index (χ4n) is 2.70. The van der Waals surface area contributed by atoms with Crippen molar-refractivity contribution in [3.05, 3.63) is 28.8 Å². The van der Waals surface area contributed by atoms with E-state index in [9.17, 15) is 9.59 Å². The third-order valence-corrected chi connectivity index (χ3v) is 3.65. The first-order valence-electron chi connectivity index (χ1n) is 7.09. The number of Topliss-reactive ketones (excluding diaryl/α,β-unsaturated/α-hetero) is 1. The number of hydrogen-bond acceptors (Lipinski definition) is 4. The van der Waals surface area contributed by atoms with E-state index >= 15 is 0 Å². The highest BCUT2D eigenvalue weighted by molar-refractivity contribution is 6.41. The summed E-state index contributed by atoms with van der Waals surface area (Å²) in [6.45, 7) is 1.88. The van der Waals surface area contributed by atoms with E-state index in [-0.39, 0.29) is 6.61 Å². The lowest BCUT2D eigenvalue weighted by Gasteiger charge is -2.15. The van der Waals surface area contributed by atoms with Crippen molar-refractivity contribution in [2.75, 3.05) is 13.7 Å². The minimum atomic E-state index is -0.802. The molecule has 0 aromatic heterocycles. The number of ether oxygens (including phenoxy) is 2. The van der Waals surface area contributed by atoms with Crippen LogP contribution in [0.2, 0.25) is 0 Å². The lowest BCUT2D eigenvalue weighted by Crippen LogP contribution is -2.20. The molecule has 4 nitrogen and oxygen atoms in total. The Bertz CT molecular complexity index is 519. The van der Waals surface area contributed by atoms with Crippen LogP contribution in [0.5, 0.6) is 5.75 Å². The second-order valence-corrected chi connectivity index (χ2v) is 4.89. The van der Waals surface area contributed by atoms with Gasteiger partial charge in [0.2, 0.25) is 0 Å². The number of fused-ring (bicyclic) bond motifs is 1. The zero-order valence-corrected chi connectivity index (χ0v) is 12.0. The topological polar surface area (TPSA) is 52.6 Å². The van der Waals surface area contributed by atoms with Crippen LogP contribution in [-0.2, 0) is 22.4 Å². The highest BCUT2D eigenvalue weighted by atomic mass is 16.5. The lowest BCUT2D eigenvalue weighted by molar-refractivity contribution is -0.137. The predicted molar refractivity (Wildman–Crippen MR) is 75.2 cm³/mol. The second-order valence-electron chi connectivity index (χ2n) is 4.89. The Morgan fingerprint density at radius 2 is 1.90 bits per heavy atom. The van der Waals surface area contributed by atoms with Gasteiger partial charge >= 0.3 is 5.97 Å². The summed E-state index contributed by atoms with van der Waals surface area (Å²) in [6.07, 6.45) is 5.05. The summed E-state index contributed by atoms with van der Waals surface area (Å²) in [6, 6.07) is 3.78. The highest BCUT2D eigenvalue weighted by Crippen LogP contribution is 2.31. The van der Waals surface area contributed by atoms with Gasteiger partial charge in [0.05, 0.1) is 19.3 Å². The van der Waals surface area contributed by atoms with Crippen LogP contribution in [0.15, 0.2) is 12.1 Å². The van der Waals surface area contributed by atoms with Crippen molar-refractivity contribution in [1.82, 2.24) is 0 Å². The van der Waals surface area contributed by atoms with Gasteiger partial charge < -0.3 is 9.47 Å². The Balaban J connectivity index is 2.48. The molecule has 0 unspecified atom stereocenters. The zero-order valence-electron chi connectivity index (χ0n) is 12.0. The molecule has 0 fully saturated rings. The molecule has 1 aromatic rings. The van der Waals surface area contributed by atoms with Crippen LogP contribution >= 0.6 is 0 Å². The van der Waals surface area contributed by atoms with Crippen LogP contribution < -0.4 is 4.74 Å². The minimum absolute atomic E-state index is 0.196. The fourth-order valence-corrected chi connectivity index (χ4v) is 2.70. The van der Waals surface area contributed by atoms with E-state index in [0.29, 0.717) is 11.3 Å². The third kappa shape index (κ3) is 2.84. The standard InChI is InChI=1S/C16H20O4/c1-3-20-16(18)15(17)14-12-8-6-4-5-7-11(12)9-10-13(14)19-2/h9-10H,3-8H2,1-2H3. The van der Waals surface area contributed by atoms with E-state index < -0.39 is 11.8 Å². The predicted octanol–water partition coefficient (Wildman–Crippen LogP) is 2.71. The summed E-state index contributed by atoms with van der Waals surface area (Å²) in [5.74, 6) is -0.936. The maximum absolute atomic E-state index is 12.3. The molecule has 0 saturated heterocycles. The van der Waals surface area contributed by atoms with Crippen molar-refractivity contribution in [2.45, 2.75) is 39.0 Å². The minimum Gasteiger partial charge on any atom is -0.496 e. The molecule has 20 heavy (non-hydrogen) atoms. The fraction of sp³-hybridized carbons (Fsp3) is 0.500. The van der Waals surface area contributed by atoms with Gasteiger partial charge in [-0.1, -0.05) is 12.5 Å². The molecule has 1 aliphatic rings. The van der Waals surface area contributed by atoms with Crippen LogP contribution in [0.3, 0.4) is 0 Å². The van der Waals surface area contributed by atoms with Crippen LogP contribution in [0.1, 0.15) is 47.7 Å². The Kier molecular flexibility index (Phi) is 4.77. The molecule has 0 atom stereocenters. The van der Waals surface area contributed by atoms with Gasteiger partial charge in [-0.25, -0.2) is 4.79 Å². The number of carbonyl (C=O) groups is 2. The number of carbonyl (C=O) groups excluding carboxylic acids is 2. The quantitative estimate of drug-likeness (QED) is 0.367. The van der Waals surface area contributed by atoms with Crippen molar-refractivity contribution in [1.29, 1.82) is 0 Å². The number of rotatable bonds is 4. The van der Waals surface area contributed by atoms with Gasteiger partial charge in [0.1, 0.15) is 5.75 Å². The Morgan fingerprint density at radius 3 is 2.60 bits per heavy atom. The molecule has 0 heterocycles. The monoisotopic (exact) mass is 276 g/mol. The first-order chi connectivity index (χ1) is 9.69. The van der Waals surface area contributed by atoms with Crippen molar-refractivity contribution in [3.8, 4) is 5.75 Å². The molecule has 4 heteroatoms. The average molecular weight is 276 g/mol. The number of aryl methyl sites for hydroxylation is 1. The molecule has 108 valence electrons. The number of methoxy groups -OCH3 is 1. The molecule has 0 amide bonds. The van der Waals surface area contributed by atoms with Crippen molar-refractivity contribution < 1.29 is 19.1 Å². The van der Waals surface area contributed by atoms with Crippen molar-refractivity contribution in [3.63, 3.8) is 0 Å². The van der Waals surface area contributed by atoms with Crippen LogP contribution in [0.25, 0.3) is 0 Å². The van der Waals surface area contributed by atoms with Crippen molar-refractivity contribution in [2.24, 2.45) is 0 Å². The van der Waals surface area contributed by atoms with Gasteiger partial charge in [-0.2, -0.15) is 0 Å². The van der Waals surface area contributed by atoms with E-state index in [1.165, 1.54) is 7.11 Å².